The summed E-state index contributed by atoms with van der Waals surface area (Å²) in [4.78, 5) is 19.3. The molecule has 2 aliphatic heterocycles. The SMILES string of the molecule is CC1C=CC=C(C(=O)Nc2ccc(N3CCS(=O)(=O)CC3)cc2)N=C1c1ccon1. The molecule has 0 bridgehead atoms. The first-order chi connectivity index (χ1) is 14.4. The lowest BCUT2D eigenvalue weighted by molar-refractivity contribution is -0.112. The number of nitrogens with one attached hydrogen (secondary N) is 1. The van der Waals surface area contributed by atoms with Crippen molar-refractivity contribution in [2.24, 2.45) is 10.9 Å². The average Bonchev–Trinajstić information content (AvgIpc) is 3.18. The molecule has 1 atom stereocenters. The summed E-state index contributed by atoms with van der Waals surface area (Å²) in [6, 6.07) is 9.07. The van der Waals surface area contributed by atoms with Gasteiger partial charge in [-0.1, -0.05) is 24.2 Å². The molecule has 30 heavy (non-hydrogen) atoms. The largest absolute Gasteiger partial charge is 0.369 e. The van der Waals surface area contributed by atoms with Crippen LogP contribution in [0.4, 0.5) is 11.4 Å². The van der Waals surface area contributed by atoms with Gasteiger partial charge in [0, 0.05) is 36.4 Å². The minimum absolute atomic E-state index is 0.00992. The molecule has 0 spiro atoms. The molecule has 1 amide bonds. The second-order valence-electron chi connectivity index (χ2n) is 7.25. The van der Waals surface area contributed by atoms with Crippen LogP contribution in [0.2, 0.25) is 0 Å². The van der Waals surface area contributed by atoms with E-state index >= 15 is 0 Å². The van der Waals surface area contributed by atoms with Gasteiger partial charge < -0.3 is 14.7 Å². The van der Waals surface area contributed by atoms with Gasteiger partial charge in [-0.05, 0) is 30.3 Å². The average molecular weight is 426 g/mol. The van der Waals surface area contributed by atoms with Gasteiger partial charge in [-0.25, -0.2) is 13.4 Å². The van der Waals surface area contributed by atoms with Crippen molar-refractivity contribution in [3.8, 4) is 0 Å². The number of carbonyl (C=O) groups excluding carboxylic acids is 1. The third kappa shape index (κ3) is 4.51. The van der Waals surface area contributed by atoms with E-state index in [1.54, 1.807) is 24.3 Å². The fourth-order valence-corrected chi connectivity index (χ4v) is 4.56. The van der Waals surface area contributed by atoms with Crippen LogP contribution in [-0.4, -0.2) is 49.8 Å². The van der Waals surface area contributed by atoms with Gasteiger partial charge >= 0.3 is 0 Å². The van der Waals surface area contributed by atoms with Gasteiger partial charge in [0.25, 0.3) is 5.91 Å². The van der Waals surface area contributed by atoms with Crippen molar-refractivity contribution >= 4 is 32.8 Å². The molecule has 1 saturated heterocycles. The van der Waals surface area contributed by atoms with E-state index < -0.39 is 9.84 Å². The molecule has 0 saturated carbocycles. The van der Waals surface area contributed by atoms with Gasteiger partial charge in [0.2, 0.25) is 0 Å². The van der Waals surface area contributed by atoms with Gasteiger partial charge in [-0.15, -0.1) is 0 Å². The first kappa shape index (κ1) is 20.1. The molecule has 1 N–H and O–H groups in total. The standard InChI is InChI=1S/C21H22N4O4S/c1-15-3-2-4-19(23-20(15)18-9-12-29-24-18)21(26)22-16-5-7-17(8-6-16)25-10-13-30(27,28)14-11-25/h2-9,12,15H,10-11,13-14H2,1H3,(H,22,26). The normalized spacial score (nSPS) is 20.8. The summed E-state index contributed by atoms with van der Waals surface area (Å²) < 4.78 is 28.1. The molecule has 156 valence electrons. The summed E-state index contributed by atoms with van der Waals surface area (Å²) in [5.41, 5.74) is 3.10. The second-order valence-corrected chi connectivity index (χ2v) is 9.55. The van der Waals surface area contributed by atoms with Crippen LogP contribution >= 0.6 is 0 Å². The van der Waals surface area contributed by atoms with Crippen LogP contribution in [0.5, 0.6) is 0 Å². The maximum atomic E-state index is 12.8. The molecular weight excluding hydrogens is 404 g/mol. The Balaban J connectivity index is 1.46. The van der Waals surface area contributed by atoms with E-state index in [-0.39, 0.29) is 29.0 Å². The number of benzene rings is 1. The molecule has 2 aromatic rings. The fraction of sp³-hybridized carbons (Fsp3) is 0.286. The van der Waals surface area contributed by atoms with E-state index in [9.17, 15) is 13.2 Å². The smallest absolute Gasteiger partial charge is 0.274 e. The van der Waals surface area contributed by atoms with Crippen LogP contribution in [0.25, 0.3) is 0 Å². The first-order valence-corrected chi connectivity index (χ1v) is 11.5. The van der Waals surface area contributed by atoms with Gasteiger partial charge in [0.1, 0.15) is 17.7 Å². The lowest BCUT2D eigenvalue weighted by Crippen LogP contribution is -2.40. The van der Waals surface area contributed by atoms with Crippen molar-refractivity contribution in [2.75, 3.05) is 34.8 Å². The first-order valence-electron chi connectivity index (χ1n) is 9.66. The highest BCUT2D eigenvalue weighted by molar-refractivity contribution is 7.91. The summed E-state index contributed by atoms with van der Waals surface area (Å²) in [5.74, 6) is -0.00892. The summed E-state index contributed by atoms with van der Waals surface area (Å²) in [5, 5.41) is 6.79. The third-order valence-corrected chi connectivity index (χ3v) is 6.70. The number of aromatic nitrogens is 1. The summed E-state index contributed by atoms with van der Waals surface area (Å²) >= 11 is 0. The number of sulfone groups is 1. The lowest BCUT2D eigenvalue weighted by atomic mass is 10.0. The van der Waals surface area contributed by atoms with E-state index in [1.807, 2.05) is 36.1 Å². The zero-order valence-corrected chi connectivity index (χ0v) is 17.3. The van der Waals surface area contributed by atoms with Crippen molar-refractivity contribution in [3.63, 3.8) is 0 Å². The van der Waals surface area contributed by atoms with Crippen molar-refractivity contribution in [1.29, 1.82) is 0 Å². The lowest BCUT2D eigenvalue weighted by Gasteiger charge is -2.28. The molecule has 0 radical (unpaired) electrons. The number of hydrogen-bond acceptors (Lipinski definition) is 7. The van der Waals surface area contributed by atoms with E-state index in [2.05, 4.69) is 15.5 Å². The van der Waals surface area contributed by atoms with E-state index in [4.69, 9.17) is 4.52 Å². The Morgan fingerprint density at radius 2 is 1.90 bits per heavy atom. The number of nitrogens with zero attached hydrogens (tertiary/aromatic N) is 3. The molecule has 1 unspecified atom stereocenters. The Morgan fingerprint density at radius 3 is 2.57 bits per heavy atom. The van der Waals surface area contributed by atoms with Gasteiger partial charge in [-0.3, -0.25) is 4.79 Å². The maximum Gasteiger partial charge on any atom is 0.274 e. The monoisotopic (exact) mass is 426 g/mol. The Labute approximate surface area is 174 Å². The Kier molecular flexibility index (Phi) is 5.54. The van der Waals surface area contributed by atoms with Crippen LogP contribution in [0.15, 0.2) is 70.0 Å². The number of allylic oxidation sites excluding steroid dienone is 3. The minimum Gasteiger partial charge on any atom is -0.369 e. The number of hydrogen-bond donors (Lipinski definition) is 1. The highest BCUT2D eigenvalue weighted by Crippen LogP contribution is 2.22. The molecule has 3 heterocycles. The highest BCUT2D eigenvalue weighted by atomic mass is 32.2. The van der Waals surface area contributed by atoms with Crippen LogP contribution in [-0.2, 0) is 14.6 Å². The molecule has 9 heteroatoms. The zero-order chi connectivity index (χ0) is 21.1. The van der Waals surface area contributed by atoms with Crippen LogP contribution in [0.1, 0.15) is 12.6 Å². The quantitative estimate of drug-likeness (QED) is 0.805. The van der Waals surface area contributed by atoms with Crippen molar-refractivity contribution in [1.82, 2.24) is 5.16 Å². The molecule has 1 fully saturated rings. The van der Waals surface area contributed by atoms with E-state index in [0.29, 0.717) is 30.2 Å². The molecule has 8 nitrogen and oxygen atoms in total. The predicted octanol–water partition coefficient (Wildman–Crippen LogP) is 2.43. The molecule has 4 rings (SSSR count). The van der Waals surface area contributed by atoms with Crippen LogP contribution in [0.3, 0.4) is 0 Å². The van der Waals surface area contributed by atoms with Gasteiger partial charge in [0.05, 0.1) is 17.2 Å². The molecule has 1 aromatic heterocycles. The maximum absolute atomic E-state index is 12.8. The van der Waals surface area contributed by atoms with Gasteiger partial charge in [0.15, 0.2) is 9.84 Å². The number of carbonyl (C=O) groups is 1. The zero-order valence-electron chi connectivity index (χ0n) is 16.5. The predicted molar refractivity (Wildman–Crippen MR) is 115 cm³/mol. The van der Waals surface area contributed by atoms with Crippen LogP contribution in [0, 0.1) is 5.92 Å². The van der Waals surface area contributed by atoms with Crippen molar-refractivity contribution < 1.29 is 17.7 Å². The number of amides is 1. The fourth-order valence-electron chi connectivity index (χ4n) is 3.36. The third-order valence-electron chi connectivity index (χ3n) is 5.09. The number of aliphatic imine (C=N–C) groups is 1. The van der Waals surface area contributed by atoms with E-state index in [1.165, 1.54) is 6.26 Å². The molecule has 2 aliphatic rings. The topological polar surface area (TPSA) is 105 Å². The second kappa shape index (κ2) is 8.27. The molecular formula is C21H22N4O4S. The molecule has 1 aromatic carbocycles. The van der Waals surface area contributed by atoms with Crippen molar-refractivity contribution in [2.45, 2.75) is 6.92 Å². The summed E-state index contributed by atoms with van der Waals surface area (Å²) in [7, 11) is -2.92. The Bertz CT molecular complexity index is 1100. The van der Waals surface area contributed by atoms with Gasteiger partial charge in [-0.2, -0.15) is 0 Å². The minimum atomic E-state index is -2.92. The van der Waals surface area contributed by atoms with Crippen LogP contribution < -0.4 is 10.2 Å². The number of rotatable bonds is 4. The Morgan fingerprint density at radius 1 is 1.17 bits per heavy atom. The Hall–Kier alpha value is -3.20. The van der Waals surface area contributed by atoms with E-state index in [0.717, 1.165) is 5.69 Å². The molecule has 0 aliphatic carbocycles. The summed E-state index contributed by atoms with van der Waals surface area (Å²) in [6.07, 6.45) is 6.90. The number of anilines is 2. The summed E-state index contributed by atoms with van der Waals surface area (Å²) in [6.45, 7) is 2.93. The highest BCUT2D eigenvalue weighted by Gasteiger charge is 2.22. The van der Waals surface area contributed by atoms with Crippen molar-refractivity contribution in [3.05, 3.63) is 66.2 Å².